The molecule has 0 spiro atoms. The van der Waals surface area contributed by atoms with Gasteiger partial charge in [-0.15, -0.1) is 0 Å². The number of oxazole rings is 1. The molecule has 0 aliphatic carbocycles. The second-order valence-electron chi connectivity index (χ2n) is 2.85. The monoisotopic (exact) mass is 198 g/mol. The Labute approximate surface area is 82.5 Å². The smallest absolute Gasteiger partial charge is 0.288 e. The van der Waals surface area contributed by atoms with Crippen LogP contribution in [0.2, 0.25) is 0 Å². The summed E-state index contributed by atoms with van der Waals surface area (Å²) in [4.78, 5) is 15.2. The number of methoxy groups -OCH3 is 1. The molecule has 0 atom stereocenters. The molecule has 0 saturated carbocycles. The van der Waals surface area contributed by atoms with Crippen LogP contribution in [0.1, 0.15) is 22.9 Å². The molecule has 1 heterocycles. The molecule has 0 aliphatic heterocycles. The van der Waals surface area contributed by atoms with Gasteiger partial charge in [-0.25, -0.2) is 4.98 Å². The lowest BCUT2D eigenvalue weighted by molar-refractivity contribution is 0.0919. The summed E-state index contributed by atoms with van der Waals surface area (Å²) in [6, 6.07) is 0. The molecule has 0 bridgehead atoms. The molecular weight excluding hydrogens is 184 g/mol. The summed E-state index contributed by atoms with van der Waals surface area (Å²) in [7, 11) is 1.63. The van der Waals surface area contributed by atoms with Crippen molar-refractivity contribution in [1.29, 1.82) is 0 Å². The van der Waals surface area contributed by atoms with E-state index in [4.69, 9.17) is 9.15 Å². The molecule has 0 aliphatic rings. The molecule has 14 heavy (non-hydrogen) atoms. The maximum atomic E-state index is 11.3. The van der Waals surface area contributed by atoms with Crippen molar-refractivity contribution >= 4 is 5.91 Å². The lowest BCUT2D eigenvalue weighted by Gasteiger charge is -2.01. The van der Waals surface area contributed by atoms with Crippen LogP contribution in [0.3, 0.4) is 0 Å². The molecule has 1 amide bonds. The lowest BCUT2D eigenvalue weighted by atomic mass is 10.4. The number of nitrogens with one attached hydrogen (secondary N) is 1. The van der Waals surface area contributed by atoms with E-state index in [1.165, 1.54) is 6.20 Å². The van der Waals surface area contributed by atoms with Crippen LogP contribution in [0.15, 0.2) is 10.6 Å². The largest absolute Gasteiger partial charge is 0.436 e. The number of rotatable bonds is 5. The summed E-state index contributed by atoms with van der Waals surface area (Å²) in [5.41, 5.74) is 0. The number of carbonyl (C=O) groups excluding carboxylic acids is 1. The average molecular weight is 198 g/mol. The minimum Gasteiger partial charge on any atom is -0.436 e. The van der Waals surface area contributed by atoms with E-state index in [1.54, 1.807) is 14.0 Å². The quantitative estimate of drug-likeness (QED) is 0.709. The van der Waals surface area contributed by atoms with Gasteiger partial charge in [0.15, 0.2) is 5.89 Å². The van der Waals surface area contributed by atoms with E-state index >= 15 is 0 Å². The highest BCUT2D eigenvalue weighted by Crippen LogP contribution is 2.01. The minimum absolute atomic E-state index is 0.235. The van der Waals surface area contributed by atoms with Crippen molar-refractivity contribution < 1.29 is 13.9 Å². The van der Waals surface area contributed by atoms with Crippen molar-refractivity contribution in [2.24, 2.45) is 0 Å². The van der Waals surface area contributed by atoms with Crippen molar-refractivity contribution in [1.82, 2.24) is 10.3 Å². The minimum atomic E-state index is -0.235. The fraction of sp³-hybridized carbons (Fsp3) is 0.556. The van der Waals surface area contributed by atoms with Gasteiger partial charge in [0, 0.05) is 27.2 Å². The van der Waals surface area contributed by atoms with Gasteiger partial charge in [-0.3, -0.25) is 4.79 Å². The van der Waals surface area contributed by atoms with Gasteiger partial charge in [-0.05, 0) is 6.42 Å². The third kappa shape index (κ3) is 3.18. The molecular formula is C9H14N2O3. The Morgan fingerprint density at radius 3 is 3.07 bits per heavy atom. The van der Waals surface area contributed by atoms with Gasteiger partial charge in [0.05, 0.1) is 6.20 Å². The Morgan fingerprint density at radius 2 is 2.50 bits per heavy atom. The van der Waals surface area contributed by atoms with Crippen molar-refractivity contribution in [3.8, 4) is 0 Å². The first kappa shape index (κ1) is 10.7. The highest BCUT2D eigenvalue weighted by atomic mass is 16.5. The summed E-state index contributed by atoms with van der Waals surface area (Å²) in [6.45, 7) is 2.91. The average Bonchev–Trinajstić information content (AvgIpc) is 2.59. The first-order valence-electron chi connectivity index (χ1n) is 4.43. The van der Waals surface area contributed by atoms with Crippen LogP contribution in [0.25, 0.3) is 0 Å². The summed E-state index contributed by atoms with van der Waals surface area (Å²) >= 11 is 0. The highest BCUT2D eigenvalue weighted by Gasteiger charge is 2.09. The number of aryl methyl sites for hydroxylation is 1. The molecule has 1 aromatic heterocycles. The molecule has 0 fully saturated rings. The number of ether oxygens (including phenoxy) is 1. The van der Waals surface area contributed by atoms with Gasteiger partial charge in [0.25, 0.3) is 5.91 Å². The topological polar surface area (TPSA) is 64.4 Å². The fourth-order valence-electron chi connectivity index (χ4n) is 0.972. The second kappa shape index (κ2) is 5.39. The van der Waals surface area contributed by atoms with Gasteiger partial charge in [0.2, 0.25) is 5.76 Å². The predicted octanol–water partition coefficient (Wildman–Crippen LogP) is 0.749. The Balaban J connectivity index is 2.29. The normalized spacial score (nSPS) is 10.1. The Kier molecular flexibility index (Phi) is 4.12. The van der Waals surface area contributed by atoms with E-state index in [0.29, 0.717) is 19.0 Å². The van der Waals surface area contributed by atoms with Gasteiger partial charge in [-0.2, -0.15) is 0 Å². The number of carbonyl (C=O) groups is 1. The molecule has 0 saturated heterocycles. The molecule has 1 N–H and O–H groups in total. The molecule has 1 aromatic rings. The number of amides is 1. The Morgan fingerprint density at radius 1 is 1.71 bits per heavy atom. The van der Waals surface area contributed by atoms with Crippen molar-refractivity contribution in [3.63, 3.8) is 0 Å². The maximum absolute atomic E-state index is 11.3. The summed E-state index contributed by atoms with van der Waals surface area (Å²) < 4.78 is 9.89. The van der Waals surface area contributed by atoms with E-state index in [1.807, 2.05) is 0 Å². The molecule has 78 valence electrons. The molecule has 0 aromatic carbocycles. The third-order valence-electron chi connectivity index (χ3n) is 1.66. The van der Waals surface area contributed by atoms with Gasteiger partial charge in [0.1, 0.15) is 0 Å². The zero-order chi connectivity index (χ0) is 10.4. The third-order valence-corrected chi connectivity index (χ3v) is 1.66. The number of aromatic nitrogens is 1. The van der Waals surface area contributed by atoms with E-state index in [2.05, 4.69) is 10.3 Å². The van der Waals surface area contributed by atoms with Crippen LogP contribution in [-0.4, -0.2) is 31.2 Å². The predicted molar refractivity (Wildman–Crippen MR) is 50.1 cm³/mol. The fourth-order valence-corrected chi connectivity index (χ4v) is 0.972. The summed E-state index contributed by atoms with van der Waals surface area (Å²) in [5, 5.41) is 2.69. The van der Waals surface area contributed by atoms with Gasteiger partial charge >= 0.3 is 0 Å². The SMILES string of the molecule is COCCCNC(=O)c1cnc(C)o1. The van der Waals surface area contributed by atoms with Gasteiger partial charge < -0.3 is 14.5 Å². The van der Waals surface area contributed by atoms with Crippen molar-refractivity contribution in [2.75, 3.05) is 20.3 Å². The molecule has 5 heteroatoms. The first-order chi connectivity index (χ1) is 6.74. The van der Waals surface area contributed by atoms with Crippen LogP contribution in [-0.2, 0) is 4.74 Å². The number of hydrogen-bond donors (Lipinski definition) is 1. The van der Waals surface area contributed by atoms with Crippen LogP contribution >= 0.6 is 0 Å². The zero-order valence-electron chi connectivity index (χ0n) is 8.37. The Bertz CT molecular complexity index is 296. The maximum Gasteiger partial charge on any atom is 0.288 e. The van der Waals surface area contributed by atoms with Crippen LogP contribution in [0, 0.1) is 6.92 Å². The highest BCUT2D eigenvalue weighted by molar-refractivity contribution is 5.91. The molecule has 0 radical (unpaired) electrons. The molecule has 5 nitrogen and oxygen atoms in total. The van der Waals surface area contributed by atoms with Crippen molar-refractivity contribution in [2.45, 2.75) is 13.3 Å². The van der Waals surface area contributed by atoms with E-state index in [9.17, 15) is 4.79 Å². The molecule has 0 unspecified atom stereocenters. The van der Waals surface area contributed by atoms with E-state index < -0.39 is 0 Å². The Hall–Kier alpha value is -1.36. The van der Waals surface area contributed by atoms with Crippen LogP contribution < -0.4 is 5.32 Å². The van der Waals surface area contributed by atoms with E-state index in [-0.39, 0.29) is 11.7 Å². The summed E-state index contributed by atoms with van der Waals surface area (Å²) in [5.74, 6) is 0.508. The van der Waals surface area contributed by atoms with Crippen LogP contribution in [0.4, 0.5) is 0 Å². The lowest BCUT2D eigenvalue weighted by Crippen LogP contribution is -2.24. The van der Waals surface area contributed by atoms with Crippen LogP contribution in [0.5, 0.6) is 0 Å². The van der Waals surface area contributed by atoms with Crippen molar-refractivity contribution in [3.05, 3.63) is 17.8 Å². The standard InChI is InChI=1S/C9H14N2O3/c1-7-11-6-8(14-7)9(12)10-4-3-5-13-2/h6H,3-5H2,1-2H3,(H,10,12). The second-order valence-corrected chi connectivity index (χ2v) is 2.85. The number of hydrogen-bond acceptors (Lipinski definition) is 4. The summed E-state index contributed by atoms with van der Waals surface area (Å²) in [6.07, 6.45) is 2.20. The number of nitrogens with zero attached hydrogens (tertiary/aromatic N) is 1. The first-order valence-corrected chi connectivity index (χ1v) is 4.43. The van der Waals surface area contributed by atoms with Gasteiger partial charge in [-0.1, -0.05) is 0 Å². The molecule has 1 rings (SSSR count). The zero-order valence-corrected chi connectivity index (χ0v) is 8.37. The van der Waals surface area contributed by atoms with E-state index in [0.717, 1.165) is 6.42 Å².